The summed E-state index contributed by atoms with van der Waals surface area (Å²) >= 11 is 0. The van der Waals surface area contributed by atoms with Gasteiger partial charge in [0.2, 0.25) is 0 Å². The standard InChI is InChI=1S/C47H90O5/c1-3-5-7-9-11-13-15-17-19-21-23-25-27-29-31-33-35-37-39-41-46(49)51-44-45(43-48)52-47(50)42-40-38-36-34-32-30-28-26-24-22-20-18-16-14-12-10-8-6-4-2/h17,19,45,48H,3-16,18,20-44H2,1-2H3/t45-/m0/s1. The molecule has 52 heavy (non-hydrogen) atoms. The summed E-state index contributed by atoms with van der Waals surface area (Å²) in [7, 11) is 0. The van der Waals surface area contributed by atoms with Crippen LogP contribution in [0.3, 0.4) is 0 Å². The lowest BCUT2D eigenvalue weighted by Gasteiger charge is -2.15. The van der Waals surface area contributed by atoms with Gasteiger partial charge in [0.1, 0.15) is 6.61 Å². The summed E-state index contributed by atoms with van der Waals surface area (Å²) < 4.78 is 10.7. The lowest BCUT2D eigenvalue weighted by Crippen LogP contribution is -2.28. The van der Waals surface area contributed by atoms with Crippen molar-refractivity contribution in [2.75, 3.05) is 13.2 Å². The number of rotatable bonds is 43. The number of aliphatic hydroxyl groups excluding tert-OH is 1. The molecule has 0 aliphatic heterocycles. The highest BCUT2D eigenvalue weighted by Crippen LogP contribution is 2.16. The van der Waals surface area contributed by atoms with E-state index >= 15 is 0 Å². The number of ether oxygens (including phenoxy) is 2. The van der Waals surface area contributed by atoms with Gasteiger partial charge in [-0.1, -0.05) is 219 Å². The van der Waals surface area contributed by atoms with Crippen LogP contribution in [-0.2, 0) is 19.1 Å². The number of esters is 2. The molecule has 0 heterocycles. The summed E-state index contributed by atoms with van der Waals surface area (Å²) in [6, 6.07) is 0. The maximum Gasteiger partial charge on any atom is 0.306 e. The van der Waals surface area contributed by atoms with E-state index in [1.165, 1.54) is 193 Å². The molecule has 0 spiro atoms. The molecular formula is C47H90O5. The van der Waals surface area contributed by atoms with E-state index in [0.29, 0.717) is 12.8 Å². The minimum Gasteiger partial charge on any atom is -0.462 e. The molecule has 5 heteroatoms. The highest BCUT2D eigenvalue weighted by atomic mass is 16.6. The second kappa shape index (κ2) is 44.0. The average Bonchev–Trinajstić information content (AvgIpc) is 3.15. The third-order valence-electron chi connectivity index (χ3n) is 10.6. The van der Waals surface area contributed by atoms with Gasteiger partial charge in [-0.05, 0) is 38.5 Å². The van der Waals surface area contributed by atoms with Crippen molar-refractivity contribution in [3.8, 4) is 0 Å². The van der Waals surface area contributed by atoms with Gasteiger partial charge >= 0.3 is 11.9 Å². The van der Waals surface area contributed by atoms with Crippen molar-refractivity contribution in [3.05, 3.63) is 12.2 Å². The molecule has 1 atom stereocenters. The van der Waals surface area contributed by atoms with Gasteiger partial charge in [0.25, 0.3) is 0 Å². The van der Waals surface area contributed by atoms with Crippen molar-refractivity contribution >= 4 is 11.9 Å². The number of aliphatic hydroxyl groups is 1. The van der Waals surface area contributed by atoms with Crippen LogP contribution >= 0.6 is 0 Å². The zero-order valence-corrected chi connectivity index (χ0v) is 35.1. The number of hydrogen-bond donors (Lipinski definition) is 1. The summed E-state index contributed by atoms with van der Waals surface area (Å²) in [5.41, 5.74) is 0. The summed E-state index contributed by atoms with van der Waals surface area (Å²) in [5, 5.41) is 9.60. The molecule has 0 radical (unpaired) electrons. The maximum absolute atomic E-state index is 12.2. The Hall–Kier alpha value is -1.36. The summed E-state index contributed by atoms with van der Waals surface area (Å²) in [6.45, 7) is 4.17. The molecule has 0 aliphatic carbocycles. The fourth-order valence-electron chi connectivity index (χ4n) is 7.02. The largest absolute Gasteiger partial charge is 0.462 e. The molecule has 0 amide bonds. The van der Waals surface area contributed by atoms with Crippen LogP contribution in [0.2, 0.25) is 0 Å². The Morgan fingerprint density at radius 1 is 0.423 bits per heavy atom. The van der Waals surface area contributed by atoms with Crippen LogP contribution in [-0.4, -0.2) is 36.4 Å². The molecule has 0 aliphatic rings. The van der Waals surface area contributed by atoms with Gasteiger partial charge in [-0.15, -0.1) is 0 Å². The molecular weight excluding hydrogens is 645 g/mol. The van der Waals surface area contributed by atoms with Crippen LogP contribution in [0.5, 0.6) is 0 Å². The van der Waals surface area contributed by atoms with E-state index in [1.54, 1.807) is 0 Å². The molecule has 0 saturated heterocycles. The normalized spacial score (nSPS) is 12.1. The molecule has 0 unspecified atom stereocenters. The van der Waals surface area contributed by atoms with Crippen molar-refractivity contribution in [3.63, 3.8) is 0 Å². The monoisotopic (exact) mass is 735 g/mol. The minimum absolute atomic E-state index is 0.0603. The van der Waals surface area contributed by atoms with E-state index in [9.17, 15) is 14.7 Å². The molecule has 0 aromatic rings. The Morgan fingerprint density at radius 2 is 0.712 bits per heavy atom. The number of hydrogen-bond acceptors (Lipinski definition) is 5. The first-order valence-electron chi connectivity index (χ1n) is 23.2. The Morgan fingerprint density at radius 3 is 1.04 bits per heavy atom. The molecule has 1 N–H and O–H groups in total. The quantitative estimate of drug-likeness (QED) is 0.0383. The zero-order chi connectivity index (χ0) is 37.8. The van der Waals surface area contributed by atoms with E-state index in [4.69, 9.17) is 9.47 Å². The molecule has 0 aromatic heterocycles. The SMILES string of the molecule is CCCCCCCCC=CCCCCCCCCCCCC(=O)OC[C@H](CO)OC(=O)CCCCCCCCCCCCCCCCCCCCC. The van der Waals surface area contributed by atoms with Crippen molar-refractivity contribution < 1.29 is 24.2 Å². The van der Waals surface area contributed by atoms with Crippen LogP contribution in [0, 0.1) is 0 Å². The summed E-state index contributed by atoms with van der Waals surface area (Å²) in [6.07, 6.45) is 51.5. The van der Waals surface area contributed by atoms with Crippen LogP contribution in [0.15, 0.2) is 12.2 Å². The van der Waals surface area contributed by atoms with E-state index in [1.807, 2.05) is 0 Å². The lowest BCUT2D eigenvalue weighted by molar-refractivity contribution is -0.161. The van der Waals surface area contributed by atoms with Gasteiger partial charge in [0.15, 0.2) is 6.10 Å². The van der Waals surface area contributed by atoms with Gasteiger partial charge in [-0.25, -0.2) is 0 Å². The van der Waals surface area contributed by atoms with Crippen LogP contribution in [0.25, 0.3) is 0 Å². The third kappa shape index (κ3) is 41.4. The first kappa shape index (κ1) is 50.6. The Kier molecular flexibility index (Phi) is 42.9. The van der Waals surface area contributed by atoms with E-state index in [2.05, 4.69) is 26.0 Å². The van der Waals surface area contributed by atoms with Gasteiger partial charge in [-0.2, -0.15) is 0 Å². The molecule has 308 valence electrons. The van der Waals surface area contributed by atoms with Crippen LogP contribution < -0.4 is 0 Å². The summed E-state index contributed by atoms with van der Waals surface area (Å²) in [4.78, 5) is 24.4. The Bertz CT molecular complexity index is 750. The molecule has 0 fully saturated rings. The molecule has 0 saturated carbocycles. The van der Waals surface area contributed by atoms with Crippen molar-refractivity contribution in [2.45, 2.75) is 264 Å². The number of carbonyl (C=O) groups excluding carboxylic acids is 2. The van der Waals surface area contributed by atoms with Gasteiger partial charge in [-0.3, -0.25) is 9.59 Å². The second-order valence-electron chi connectivity index (χ2n) is 15.8. The second-order valence-corrected chi connectivity index (χ2v) is 15.8. The van der Waals surface area contributed by atoms with Gasteiger partial charge in [0.05, 0.1) is 6.61 Å². The zero-order valence-electron chi connectivity index (χ0n) is 35.1. The Labute approximate surface area is 324 Å². The predicted octanol–water partition coefficient (Wildman–Crippen LogP) is 14.9. The number of unbranched alkanes of at least 4 members (excludes halogenated alkanes) is 33. The first-order valence-corrected chi connectivity index (χ1v) is 23.2. The molecule has 5 nitrogen and oxygen atoms in total. The van der Waals surface area contributed by atoms with E-state index < -0.39 is 6.10 Å². The minimum atomic E-state index is -0.766. The van der Waals surface area contributed by atoms with Gasteiger partial charge in [0, 0.05) is 12.8 Å². The molecule has 0 rings (SSSR count). The first-order chi connectivity index (χ1) is 25.6. The van der Waals surface area contributed by atoms with Crippen molar-refractivity contribution in [1.29, 1.82) is 0 Å². The van der Waals surface area contributed by atoms with Crippen LogP contribution in [0.1, 0.15) is 258 Å². The third-order valence-corrected chi connectivity index (χ3v) is 10.6. The highest BCUT2D eigenvalue weighted by molar-refractivity contribution is 5.70. The van der Waals surface area contributed by atoms with E-state index in [0.717, 1.165) is 38.5 Å². The highest BCUT2D eigenvalue weighted by Gasteiger charge is 2.16. The predicted molar refractivity (Wildman–Crippen MR) is 224 cm³/mol. The molecule has 0 bridgehead atoms. The number of allylic oxidation sites excluding steroid dienone is 2. The maximum atomic E-state index is 12.2. The fourth-order valence-corrected chi connectivity index (χ4v) is 7.02. The summed E-state index contributed by atoms with van der Waals surface area (Å²) in [5.74, 6) is -0.577. The van der Waals surface area contributed by atoms with E-state index in [-0.39, 0.29) is 25.2 Å². The van der Waals surface area contributed by atoms with Crippen LogP contribution in [0.4, 0.5) is 0 Å². The van der Waals surface area contributed by atoms with Crippen molar-refractivity contribution in [1.82, 2.24) is 0 Å². The lowest BCUT2D eigenvalue weighted by atomic mass is 10.0. The van der Waals surface area contributed by atoms with Crippen molar-refractivity contribution in [2.24, 2.45) is 0 Å². The molecule has 0 aromatic carbocycles. The fraction of sp³-hybridized carbons (Fsp3) is 0.915. The smallest absolute Gasteiger partial charge is 0.306 e. The Balaban J connectivity index is 3.47. The topological polar surface area (TPSA) is 72.8 Å². The van der Waals surface area contributed by atoms with Gasteiger partial charge < -0.3 is 14.6 Å². The average molecular weight is 735 g/mol. The number of carbonyl (C=O) groups is 2.